The lowest BCUT2D eigenvalue weighted by molar-refractivity contribution is -0.116. The molecule has 1 aliphatic heterocycles. The first-order valence-electron chi connectivity index (χ1n) is 12.1. The Morgan fingerprint density at radius 3 is 2.69 bits per heavy atom. The van der Waals surface area contributed by atoms with Gasteiger partial charge < -0.3 is 15.2 Å². The number of ether oxygens (including phenoxy) is 1. The summed E-state index contributed by atoms with van der Waals surface area (Å²) in [6.07, 6.45) is 3.02. The standard InChI is InChI=1S/C30H26N2O3/c1-2-35-27-17-19(10-13-25(27)33)28-29-21-9-6-14-31-22(21)11-12-23(29)32-24-15-20(16-26(34)30(24)28)18-7-4-3-5-8-18/h3-14,17,20,28,32-33H,2,15-16H2,1H3. The highest BCUT2D eigenvalue weighted by Crippen LogP contribution is 2.50. The van der Waals surface area contributed by atoms with Crippen LogP contribution in [0.3, 0.4) is 0 Å². The molecule has 0 bridgehead atoms. The Balaban J connectivity index is 1.56. The molecule has 1 aromatic heterocycles. The molecular weight excluding hydrogens is 436 g/mol. The topological polar surface area (TPSA) is 71.5 Å². The molecule has 2 atom stereocenters. The maximum absolute atomic E-state index is 13.8. The van der Waals surface area contributed by atoms with E-state index in [2.05, 4.69) is 34.6 Å². The predicted octanol–water partition coefficient (Wildman–Crippen LogP) is 6.30. The van der Waals surface area contributed by atoms with Gasteiger partial charge in [0.1, 0.15) is 0 Å². The molecule has 0 spiro atoms. The van der Waals surface area contributed by atoms with Crippen LogP contribution in [0.25, 0.3) is 10.9 Å². The van der Waals surface area contributed by atoms with Gasteiger partial charge in [-0.1, -0.05) is 42.5 Å². The lowest BCUT2D eigenvalue weighted by Gasteiger charge is -2.37. The van der Waals surface area contributed by atoms with Crippen LogP contribution in [-0.2, 0) is 4.79 Å². The smallest absolute Gasteiger partial charge is 0.162 e. The third-order valence-electron chi connectivity index (χ3n) is 7.09. The fraction of sp³-hybridized carbons (Fsp3) is 0.200. The molecule has 4 aromatic rings. The number of pyridine rings is 1. The Kier molecular flexibility index (Phi) is 5.25. The van der Waals surface area contributed by atoms with Crippen LogP contribution in [0.5, 0.6) is 11.5 Å². The van der Waals surface area contributed by atoms with E-state index in [0.717, 1.165) is 45.4 Å². The van der Waals surface area contributed by atoms with Crippen molar-refractivity contribution in [3.8, 4) is 11.5 Å². The number of nitrogens with zero attached hydrogens (tertiary/aromatic N) is 1. The largest absolute Gasteiger partial charge is 0.504 e. The van der Waals surface area contributed by atoms with Crippen molar-refractivity contribution in [1.29, 1.82) is 0 Å². The van der Waals surface area contributed by atoms with Crippen molar-refractivity contribution < 1.29 is 14.6 Å². The third-order valence-corrected chi connectivity index (χ3v) is 7.09. The number of anilines is 1. The van der Waals surface area contributed by atoms with Gasteiger partial charge in [-0.2, -0.15) is 0 Å². The van der Waals surface area contributed by atoms with E-state index in [1.54, 1.807) is 12.3 Å². The summed E-state index contributed by atoms with van der Waals surface area (Å²) in [6.45, 7) is 2.33. The minimum Gasteiger partial charge on any atom is -0.504 e. The van der Waals surface area contributed by atoms with E-state index in [-0.39, 0.29) is 23.4 Å². The monoisotopic (exact) mass is 462 g/mol. The summed E-state index contributed by atoms with van der Waals surface area (Å²) in [4.78, 5) is 18.4. The van der Waals surface area contributed by atoms with Gasteiger partial charge in [-0.3, -0.25) is 9.78 Å². The molecule has 35 heavy (non-hydrogen) atoms. The number of allylic oxidation sites excluding steroid dienone is 2. The molecule has 174 valence electrons. The molecule has 0 amide bonds. The number of carbonyl (C=O) groups is 1. The van der Waals surface area contributed by atoms with Crippen LogP contribution >= 0.6 is 0 Å². The first-order valence-corrected chi connectivity index (χ1v) is 12.1. The van der Waals surface area contributed by atoms with Crippen LogP contribution in [-0.4, -0.2) is 22.5 Å². The normalized spacial score (nSPS) is 19.2. The van der Waals surface area contributed by atoms with Crippen molar-refractivity contribution in [2.75, 3.05) is 11.9 Å². The van der Waals surface area contributed by atoms with E-state index in [0.29, 0.717) is 18.8 Å². The Bertz CT molecular complexity index is 1480. The highest BCUT2D eigenvalue weighted by atomic mass is 16.5. The summed E-state index contributed by atoms with van der Waals surface area (Å²) in [5, 5.41) is 15.0. The Morgan fingerprint density at radius 1 is 1.00 bits per heavy atom. The number of rotatable bonds is 4. The second-order valence-electron chi connectivity index (χ2n) is 9.15. The summed E-state index contributed by atoms with van der Waals surface area (Å²) in [5.74, 6) is 0.528. The summed E-state index contributed by atoms with van der Waals surface area (Å²) in [6, 6.07) is 23.8. The first-order chi connectivity index (χ1) is 17.1. The molecule has 6 rings (SSSR count). The number of fused-ring (bicyclic) bond motifs is 3. The van der Waals surface area contributed by atoms with Crippen molar-refractivity contribution in [3.05, 3.63) is 107 Å². The molecule has 5 nitrogen and oxygen atoms in total. The van der Waals surface area contributed by atoms with Crippen LogP contribution in [0.2, 0.25) is 0 Å². The van der Waals surface area contributed by atoms with E-state index in [1.165, 1.54) is 5.56 Å². The van der Waals surface area contributed by atoms with Gasteiger partial charge in [0.25, 0.3) is 0 Å². The average molecular weight is 463 g/mol. The molecular formula is C30H26N2O3. The fourth-order valence-corrected chi connectivity index (χ4v) is 5.56. The van der Waals surface area contributed by atoms with E-state index >= 15 is 0 Å². The number of benzene rings is 3. The zero-order chi connectivity index (χ0) is 23.9. The SMILES string of the molecule is CCOc1cc(C2C3=C(CC(c4ccccc4)CC3=O)Nc3ccc4ncccc4c32)ccc1O. The van der Waals surface area contributed by atoms with Gasteiger partial charge in [0.15, 0.2) is 17.3 Å². The lowest BCUT2D eigenvalue weighted by atomic mass is 9.71. The minimum absolute atomic E-state index is 0.0951. The number of hydrogen-bond acceptors (Lipinski definition) is 5. The van der Waals surface area contributed by atoms with Gasteiger partial charge in [0.2, 0.25) is 0 Å². The maximum Gasteiger partial charge on any atom is 0.162 e. The second-order valence-corrected chi connectivity index (χ2v) is 9.15. The number of Topliss-reactive ketones (excluding diaryl/α,β-unsaturated/α-hetero) is 1. The molecule has 3 aromatic carbocycles. The zero-order valence-electron chi connectivity index (χ0n) is 19.5. The Morgan fingerprint density at radius 2 is 1.86 bits per heavy atom. The highest BCUT2D eigenvalue weighted by Gasteiger charge is 2.39. The van der Waals surface area contributed by atoms with Crippen LogP contribution in [0.4, 0.5) is 5.69 Å². The van der Waals surface area contributed by atoms with Gasteiger partial charge in [-0.25, -0.2) is 0 Å². The quantitative estimate of drug-likeness (QED) is 0.373. The lowest BCUT2D eigenvalue weighted by Crippen LogP contribution is -2.30. The molecule has 1 aliphatic carbocycles. The number of nitrogens with one attached hydrogen (secondary N) is 1. The highest BCUT2D eigenvalue weighted by molar-refractivity contribution is 6.04. The van der Waals surface area contributed by atoms with Crippen molar-refractivity contribution in [1.82, 2.24) is 4.98 Å². The first kappa shape index (κ1) is 21.4. The van der Waals surface area contributed by atoms with Crippen LogP contribution in [0, 0.1) is 0 Å². The predicted molar refractivity (Wildman–Crippen MR) is 137 cm³/mol. The molecule has 2 aliphatic rings. The zero-order valence-corrected chi connectivity index (χ0v) is 19.5. The Hall–Kier alpha value is -4.12. The Labute approximate surface area is 204 Å². The number of ketones is 1. The van der Waals surface area contributed by atoms with E-state index in [1.807, 2.05) is 49.4 Å². The van der Waals surface area contributed by atoms with Crippen LogP contribution < -0.4 is 10.1 Å². The van der Waals surface area contributed by atoms with Gasteiger partial charge in [-0.15, -0.1) is 0 Å². The average Bonchev–Trinajstić information content (AvgIpc) is 2.89. The molecule has 2 unspecified atom stereocenters. The van der Waals surface area contributed by atoms with Crippen molar-refractivity contribution in [2.24, 2.45) is 0 Å². The molecule has 0 saturated carbocycles. The summed E-state index contributed by atoms with van der Waals surface area (Å²) in [7, 11) is 0. The summed E-state index contributed by atoms with van der Waals surface area (Å²) in [5.41, 5.74) is 6.79. The number of aromatic hydroxyl groups is 1. The van der Waals surface area contributed by atoms with E-state index in [9.17, 15) is 9.90 Å². The van der Waals surface area contributed by atoms with Crippen molar-refractivity contribution in [3.63, 3.8) is 0 Å². The van der Waals surface area contributed by atoms with Crippen molar-refractivity contribution in [2.45, 2.75) is 31.6 Å². The summed E-state index contributed by atoms with van der Waals surface area (Å²) < 4.78 is 5.70. The van der Waals surface area contributed by atoms with E-state index in [4.69, 9.17) is 4.74 Å². The number of hydrogen-bond donors (Lipinski definition) is 2. The molecule has 0 fully saturated rings. The third kappa shape index (κ3) is 3.64. The molecule has 2 heterocycles. The second kappa shape index (κ2) is 8.58. The van der Waals surface area contributed by atoms with Crippen molar-refractivity contribution >= 4 is 22.4 Å². The van der Waals surface area contributed by atoms with Crippen LogP contribution in [0.15, 0.2) is 90.3 Å². The molecule has 0 radical (unpaired) electrons. The number of phenols is 1. The molecule has 5 heteroatoms. The molecule has 2 N–H and O–H groups in total. The van der Waals surface area contributed by atoms with E-state index < -0.39 is 0 Å². The fourth-order valence-electron chi connectivity index (χ4n) is 5.56. The molecule has 0 saturated heterocycles. The summed E-state index contributed by atoms with van der Waals surface area (Å²) >= 11 is 0. The number of phenolic OH excluding ortho intramolecular Hbond substituents is 1. The maximum atomic E-state index is 13.8. The van der Waals surface area contributed by atoms with Gasteiger partial charge in [0.05, 0.1) is 12.1 Å². The van der Waals surface area contributed by atoms with Crippen LogP contribution in [0.1, 0.15) is 48.3 Å². The van der Waals surface area contributed by atoms with Gasteiger partial charge in [-0.05, 0) is 66.3 Å². The van der Waals surface area contributed by atoms with Gasteiger partial charge >= 0.3 is 0 Å². The number of aromatic nitrogens is 1. The minimum atomic E-state index is -0.279. The van der Waals surface area contributed by atoms with Gasteiger partial charge in [0, 0.05) is 40.9 Å². The number of carbonyl (C=O) groups excluding carboxylic acids is 1.